The van der Waals surface area contributed by atoms with Gasteiger partial charge in [-0.1, -0.05) is 11.3 Å². The standard InChI is InChI=1S/C20H16FN5O5S2/c1-22-12-2-4-14-11(8-12)9-17(27)26(19(14)28)16-6-3-13(10-23-16)24-20(29)25-33(30,31)18-7-5-15(21)32-18/h2-8,10,22H,9H2,1H3,(H2,24,25,29). The van der Waals surface area contributed by atoms with Gasteiger partial charge < -0.3 is 10.6 Å². The highest BCUT2D eigenvalue weighted by Crippen LogP contribution is 2.27. The summed E-state index contributed by atoms with van der Waals surface area (Å²) in [4.78, 5) is 42.5. The molecule has 0 atom stereocenters. The zero-order chi connectivity index (χ0) is 23.8. The average molecular weight is 490 g/mol. The molecule has 10 nitrogen and oxygen atoms in total. The summed E-state index contributed by atoms with van der Waals surface area (Å²) in [7, 11) is -2.50. The van der Waals surface area contributed by atoms with E-state index in [-0.39, 0.29) is 22.1 Å². The lowest BCUT2D eigenvalue weighted by molar-refractivity contribution is -0.117. The first-order chi connectivity index (χ1) is 15.7. The van der Waals surface area contributed by atoms with Crippen molar-refractivity contribution in [3.8, 4) is 0 Å². The molecular formula is C20H16FN5O5S2. The van der Waals surface area contributed by atoms with Crippen molar-refractivity contribution >= 4 is 56.4 Å². The van der Waals surface area contributed by atoms with Crippen LogP contribution in [0.15, 0.2) is 52.9 Å². The Bertz CT molecular complexity index is 1370. The fourth-order valence-electron chi connectivity index (χ4n) is 3.17. The van der Waals surface area contributed by atoms with Crippen LogP contribution in [0.1, 0.15) is 15.9 Å². The topological polar surface area (TPSA) is 138 Å². The number of halogens is 1. The third-order valence-corrected chi connectivity index (χ3v) is 7.39. The molecule has 0 saturated carbocycles. The summed E-state index contributed by atoms with van der Waals surface area (Å²) in [6.07, 6.45) is 1.19. The summed E-state index contributed by atoms with van der Waals surface area (Å²) >= 11 is 0.376. The van der Waals surface area contributed by atoms with Crippen LogP contribution in [-0.2, 0) is 21.2 Å². The maximum atomic E-state index is 13.1. The van der Waals surface area contributed by atoms with E-state index in [1.165, 1.54) is 18.3 Å². The van der Waals surface area contributed by atoms with E-state index in [2.05, 4.69) is 15.6 Å². The zero-order valence-corrected chi connectivity index (χ0v) is 18.6. The average Bonchev–Trinajstić information content (AvgIpc) is 3.21. The molecule has 4 amide bonds. The number of fused-ring (bicyclic) bond motifs is 1. The maximum absolute atomic E-state index is 13.1. The van der Waals surface area contributed by atoms with E-state index in [9.17, 15) is 27.2 Å². The number of carbonyl (C=O) groups excluding carboxylic acids is 3. The maximum Gasteiger partial charge on any atom is 0.333 e. The fourth-order valence-corrected chi connectivity index (χ4v) is 5.08. The zero-order valence-electron chi connectivity index (χ0n) is 17.0. The van der Waals surface area contributed by atoms with Gasteiger partial charge in [-0.05, 0) is 48.0 Å². The highest BCUT2D eigenvalue weighted by molar-refractivity contribution is 7.92. The van der Waals surface area contributed by atoms with Gasteiger partial charge in [0.2, 0.25) is 5.91 Å². The molecule has 1 aliphatic heterocycles. The van der Waals surface area contributed by atoms with Gasteiger partial charge in [-0.25, -0.2) is 27.8 Å². The number of pyridine rings is 1. The third kappa shape index (κ3) is 4.54. The molecule has 3 heterocycles. The molecule has 0 spiro atoms. The van der Waals surface area contributed by atoms with Crippen molar-refractivity contribution < 1.29 is 27.2 Å². The number of thiophene rings is 1. The van der Waals surface area contributed by atoms with Gasteiger partial charge in [0.1, 0.15) is 10.0 Å². The van der Waals surface area contributed by atoms with Crippen LogP contribution in [0.3, 0.4) is 0 Å². The number of benzene rings is 1. The Morgan fingerprint density at radius 1 is 1.12 bits per heavy atom. The Morgan fingerprint density at radius 3 is 2.52 bits per heavy atom. The van der Waals surface area contributed by atoms with E-state index in [0.29, 0.717) is 22.5 Å². The van der Waals surface area contributed by atoms with E-state index >= 15 is 0 Å². The molecule has 3 N–H and O–H groups in total. The van der Waals surface area contributed by atoms with E-state index in [1.54, 1.807) is 30.0 Å². The minimum Gasteiger partial charge on any atom is -0.388 e. The third-order valence-electron chi connectivity index (χ3n) is 4.69. The van der Waals surface area contributed by atoms with Crippen LogP contribution < -0.4 is 20.3 Å². The van der Waals surface area contributed by atoms with Crippen molar-refractivity contribution in [3.05, 3.63) is 64.9 Å². The van der Waals surface area contributed by atoms with Crippen LogP contribution in [0.5, 0.6) is 0 Å². The van der Waals surface area contributed by atoms with Gasteiger partial charge in [-0.2, -0.15) is 4.39 Å². The largest absolute Gasteiger partial charge is 0.388 e. The molecule has 170 valence electrons. The van der Waals surface area contributed by atoms with Crippen molar-refractivity contribution in [2.45, 2.75) is 10.6 Å². The minimum absolute atomic E-state index is 0.0157. The molecule has 0 bridgehead atoms. The summed E-state index contributed by atoms with van der Waals surface area (Å²) in [5.74, 6) is -0.925. The Kier molecular flexibility index (Phi) is 5.82. The molecule has 33 heavy (non-hydrogen) atoms. The summed E-state index contributed by atoms with van der Waals surface area (Å²) in [5.41, 5.74) is 1.88. The number of sulfonamides is 1. The quantitative estimate of drug-likeness (QED) is 0.468. The number of anilines is 3. The summed E-state index contributed by atoms with van der Waals surface area (Å²) in [5, 5.41) is 4.53. The monoisotopic (exact) mass is 489 g/mol. The number of hydrogen-bond acceptors (Lipinski definition) is 8. The lowest BCUT2D eigenvalue weighted by Crippen LogP contribution is -2.43. The predicted molar refractivity (Wildman–Crippen MR) is 119 cm³/mol. The summed E-state index contributed by atoms with van der Waals surface area (Å²) in [6.45, 7) is 0. The van der Waals surface area contributed by atoms with Gasteiger partial charge in [-0.3, -0.25) is 9.59 Å². The number of imide groups is 1. The van der Waals surface area contributed by atoms with Gasteiger partial charge in [-0.15, -0.1) is 0 Å². The molecule has 0 radical (unpaired) electrons. The van der Waals surface area contributed by atoms with Crippen LogP contribution in [0.2, 0.25) is 0 Å². The molecule has 13 heteroatoms. The minimum atomic E-state index is -4.24. The molecule has 0 aliphatic carbocycles. The van der Waals surface area contributed by atoms with E-state index in [0.717, 1.165) is 22.7 Å². The molecule has 0 saturated heterocycles. The smallest absolute Gasteiger partial charge is 0.333 e. The molecule has 2 aromatic heterocycles. The second kappa shape index (κ2) is 8.60. The number of urea groups is 1. The lowest BCUT2D eigenvalue weighted by atomic mass is 9.97. The van der Waals surface area contributed by atoms with Crippen LogP contribution in [0, 0.1) is 5.13 Å². The Labute approximate surface area is 191 Å². The molecule has 4 rings (SSSR count). The van der Waals surface area contributed by atoms with Crippen molar-refractivity contribution in [2.24, 2.45) is 0 Å². The Morgan fingerprint density at radius 2 is 1.88 bits per heavy atom. The lowest BCUT2D eigenvalue weighted by Gasteiger charge is -2.26. The summed E-state index contributed by atoms with van der Waals surface area (Å²) in [6, 6.07) is 8.72. The number of aromatic nitrogens is 1. The normalized spacial score (nSPS) is 13.5. The molecule has 3 aromatic rings. The van der Waals surface area contributed by atoms with E-state index < -0.39 is 33.0 Å². The van der Waals surface area contributed by atoms with Crippen LogP contribution >= 0.6 is 11.3 Å². The molecule has 0 unspecified atom stereocenters. The molecule has 1 aromatic carbocycles. The first-order valence-electron chi connectivity index (χ1n) is 9.41. The van der Waals surface area contributed by atoms with Crippen molar-refractivity contribution in [1.29, 1.82) is 0 Å². The van der Waals surface area contributed by atoms with Gasteiger partial charge in [0, 0.05) is 18.3 Å². The van der Waals surface area contributed by atoms with E-state index in [1.807, 2.05) is 0 Å². The Hall–Kier alpha value is -3.84. The second-order valence-electron chi connectivity index (χ2n) is 6.86. The molecular weight excluding hydrogens is 473 g/mol. The van der Waals surface area contributed by atoms with Gasteiger partial charge >= 0.3 is 6.03 Å². The highest BCUT2D eigenvalue weighted by Gasteiger charge is 2.33. The number of rotatable bonds is 5. The second-order valence-corrected chi connectivity index (χ2v) is 9.80. The highest BCUT2D eigenvalue weighted by atomic mass is 32.2. The molecule has 1 aliphatic rings. The Balaban J connectivity index is 1.47. The van der Waals surface area contributed by atoms with Crippen LogP contribution in [0.4, 0.5) is 26.4 Å². The van der Waals surface area contributed by atoms with Crippen molar-refractivity contribution in [3.63, 3.8) is 0 Å². The number of nitrogens with zero attached hydrogens (tertiary/aromatic N) is 2. The number of amides is 4. The fraction of sp³-hybridized carbons (Fsp3) is 0.100. The first-order valence-corrected chi connectivity index (χ1v) is 11.7. The van der Waals surface area contributed by atoms with Gasteiger partial charge in [0.15, 0.2) is 5.13 Å². The SMILES string of the molecule is CNc1ccc2c(c1)CC(=O)N(c1ccc(NC(=O)NS(=O)(=O)c3ccc(F)s3)cn1)C2=O. The van der Waals surface area contributed by atoms with Crippen LogP contribution in [0.25, 0.3) is 0 Å². The number of nitrogens with one attached hydrogen (secondary N) is 3. The van der Waals surface area contributed by atoms with Crippen molar-refractivity contribution in [2.75, 3.05) is 22.6 Å². The van der Waals surface area contributed by atoms with Crippen molar-refractivity contribution in [1.82, 2.24) is 9.71 Å². The van der Waals surface area contributed by atoms with Crippen LogP contribution in [-0.4, -0.2) is 38.3 Å². The van der Waals surface area contributed by atoms with Gasteiger partial charge in [0.25, 0.3) is 15.9 Å². The molecule has 0 fully saturated rings. The first kappa shape index (κ1) is 22.4. The van der Waals surface area contributed by atoms with Gasteiger partial charge in [0.05, 0.1) is 18.3 Å². The number of hydrogen-bond donors (Lipinski definition) is 3. The van der Waals surface area contributed by atoms with E-state index in [4.69, 9.17) is 0 Å². The summed E-state index contributed by atoms with van der Waals surface area (Å²) < 4.78 is 38.7. The predicted octanol–water partition coefficient (Wildman–Crippen LogP) is 2.56. The number of carbonyl (C=O) groups is 3.